The van der Waals surface area contributed by atoms with Gasteiger partial charge in [0.15, 0.2) is 16.7 Å². The second-order valence-electron chi connectivity index (χ2n) is 5.88. The van der Waals surface area contributed by atoms with Gasteiger partial charge in [-0.2, -0.15) is 18.3 Å². The van der Waals surface area contributed by atoms with E-state index in [0.717, 1.165) is 5.69 Å². The maximum Gasteiger partial charge on any atom is 0.435 e. The van der Waals surface area contributed by atoms with Crippen LogP contribution in [0.2, 0.25) is 0 Å². The highest BCUT2D eigenvalue weighted by Crippen LogP contribution is 2.41. The lowest BCUT2D eigenvalue weighted by molar-refractivity contribution is -0.140. The highest BCUT2D eigenvalue weighted by Gasteiger charge is 2.37. The van der Waals surface area contributed by atoms with Crippen molar-refractivity contribution in [2.75, 3.05) is 5.75 Å². The Labute approximate surface area is 166 Å². The summed E-state index contributed by atoms with van der Waals surface area (Å²) in [4.78, 5) is 1.03. The Hall–Kier alpha value is -2.59. The molecule has 3 aromatic heterocycles. The van der Waals surface area contributed by atoms with Crippen molar-refractivity contribution in [3.63, 3.8) is 0 Å². The molecule has 4 aromatic rings. The first-order valence-electron chi connectivity index (χ1n) is 8.18. The van der Waals surface area contributed by atoms with Crippen LogP contribution in [0.5, 0.6) is 0 Å². The summed E-state index contributed by atoms with van der Waals surface area (Å²) >= 11 is 2.66. The molecule has 0 fully saturated rings. The zero-order valence-corrected chi connectivity index (χ0v) is 16.3. The van der Waals surface area contributed by atoms with Crippen molar-refractivity contribution in [2.45, 2.75) is 11.3 Å². The summed E-state index contributed by atoms with van der Waals surface area (Å²) in [6, 6.07) is 11.0. The zero-order valence-electron chi connectivity index (χ0n) is 14.6. The van der Waals surface area contributed by atoms with E-state index in [0.29, 0.717) is 26.4 Å². The van der Waals surface area contributed by atoms with Gasteiger partial charge in [0, 0.05) is 23.9 Å². The molecular weight excluding hydrogens is 407 g/mol. The van der Waals surface area contributed by atoms with Crippen LogP contribution >= 0.6 is 23.1 Å². The van der Waals surface area contributed by atoms with E-state index in [2.05, 4.69) is 21.9 Å². The molecule has 0 amide bonds. The third-order valence-electron chi connectivity index (χ3n) is 3.98. The van der Waals surface area contributed by atoms with E-state index in [1.165, 1.54) is 40.9 Å². The number of fused-ring (bicyclic) bond motifs is 1. The molecule has 5 nitrogen and oxygen atoms in total. The maximum absolute atomic E-state index is 13.3. The predicted octanol–water partition coefficient (Wildman–Crippen LogP) is 5.18. The van der Waals surface area contributed by atoms with E-state index in [4.69, 9.17) is 0 Å². The van der Waals surface area contributed by atoms with Crippen LogP contribution in [-0.2, 0) is 13.2 Å². The van der Waals surface area contributed by atoms with Crippen LogP contribution in [0.25, 0.3) is 26.6 Å². The monoisotopic (exact) mass is 421 g/mol. The van der Waals surface area contributed by atoms with Gasteiger partial charge in [0.25, 0.3) is 0 Å². The fraction of sp³-hybridized carbons (Fsp3) is 0.167. The largest absolute Gasteiger partial charge is 0.435 e. The number of halogens is 3. The van der Waals surface area contributed by atoms with Gasteiger partial charge in [0.05, 0.1) is 4.88 Å². The van der Waals surface area contributed by atoms with Gasteiger partial charge in [-0.3, -0.25) is 9.25 Å². The Morgan fingerprint density at radius 3 is 2.64 bits per heavy atom. The molecule has 0 atom stereocenters. The zero-order chi connectivity index (χ0) is 19.9. The summed E-state index contributed by atoms with van der Waals surface area (Å²) in [6.45, 7) is 3.71. The van der Waals surface area contributed by atoms with Crippen LogP contribution in [0.3, 0.4) is 0 Å². The van der Waals surface area contributed by atoms with Crippen LogP contribution in [0.4, 0.5) is 13.2 Å². The first kappa shape index (κ1) is 18.8. The molecule has 0 N–H and O–H groups in total. The molecule has 144 valence electrons. The fourth-order valence-electron chi connectivity index (χ4n) is 2.83. The van der Waals surface area contributed by atoms with Gasteiger partial charge in [-0.15, -0.1) is 28.1 Å². The fourth-order valence-corrected chi connectivity index (χ4v) is 4.56. The number of aromatic nitrogens is 5. The highest BCUT2D eigenvalue weighted by atomic mass is 32.2. The van der Waals surface area contributed by atoms with Crippen LogP contribution in [0.15, 0.2) is 54.2 Å². The molecule has 28 heavy (non-hydrogen) atoms. The van der Waals surface area contributed by atoms with E-state index in [1.54, 1.807) is 6.08 Å². The minimum atomic E-state index is -4.52. The van der Waals surface area contributed by atoms with Crippen molar-refractivity contribution in [1.82, 2.24) is 24.5 Å². The SMILES string of the molecule is C=CCSc1nnc(-c2cc3c(C(F)(F)F)nn(C)c3s2)n1-c1ccccc1. The molecule has 1 aromatic carbocycles. The van der Waals surface area contributed by atoms with Gasteiger partial charge in [0.1, 0.15) is 4.83 Å². The molecule has 0 unspecified atom stereocenters. The number of rotatable bonds is 5. The summed E-state index contributed by atoms with van der Waals surface area (Å²) in [7, 11) is 1.51. The van der Waals surface area contributed by atoms with E-state index in [9.17, 15) is 13.2 Å². The summed E-state index contributed by atoms with van der Waals surface area (Å²) in [6.07, 6.45) is -2.76. The molecule has 0 radical (unpaired) electrons. The van der Waals surface area contributed by atoms with E-state index >= 15 is 0 Å². The van der Waals surface area contributed by atoms with Gasteiger partial charge < -0.3 is 0 Å². The lowest BCUT2D eigenvalue weighted by Gasteiger charge is -2.08. The van der Waals surface area contributed by atoms with E-state index < -0.39 is 11.9 Å². The van der Waals surface area contributed by atoms with E-state index in [1.807, 2.05) is 34.9 Å². The third kappa shape index (κ3) is 3.22. The molecular formula is C18H14F3N5S2. The summed E-state index contributed by atoms with van der Waals surface area (Å²) in [5.41, 5.74) is -0.0554. The predicted molar refractivity (Wildman–Crippen MR) is 105 cm³/mol. The van der Waals surface area contributed by atoms with Crippen LogP contribution in [0, 0.1) is 0 Å². The first-order valence-corrected chi connectivity index (χ1v) is 9.99. The van der Waals surface area contributed by atoms with Crippen molar-refractivity contribution in [3.05, 3.63) is 54.7 Å². The second kappa shape index (κ2) is 7.10. The normalized spacial score (nSPS) is 12.0. The van der Waals surface area contributed by atoms with Crippen molar-refractivity contribution in [1.29, 1.82) is 0 Å². The van der Waals surface area contributed by atoms with Gasteiger partial charge in [0.2, 0.25) is 0 Å². The smallest absolute Gasteiger partial charge is 0.269 e. The minimum absolute atomic E-state index is 0.0675. The van der Waals surface area contributed by atoms with Crippen LogP contribution < -0.4 is 0 Å². The lowest BCUT2D eigenvalue weighted by atomic mass is 10.2. The van der Waals surface area contributed by atoms with Gasteiger partial charge in [-0.25, -0.2) is 0 Å². The summed E-state index contributed by atoms with van der Waals surface area (Å²) in [5.74, 6) is 1.13. The molecule has 0 bridgehead atoms. The van der Waals surface area contributed by atoms with Crippen molar-refractivity contribution >= 4 is 33.3 Å². The molecule has 0 aliphatic rings. The summed E-state index contributed by atoms with van der Waals surface area (Å²) in [5, 5.41) is 12.9. The van der Waals surface area contributed by atoms with E-state index in [-0.39, 0.29) is 5.39 Å². The van der Waals surface area contributed by atoms with Crippen LogP contribution in [0.1, 0.15) is 5.69 Å². The molecule has 0 saturated carbocycles. The van der Waals surface area contributed by atoms with Gasteiger partial charge in [-0.1, -0.05) is 36.0 Å². The summed E-state index contributed by atoms with van der Waals surface area (Å²) < 4.78 is 43.0. The number of hydrogen-bond acceptors (Lipinski definition) is 5. The quantitative estimate of drug-likeness (QED) is 0.329. The number of thiophene rings is 1. The molecule has 0 aliphatic carbocycles. The van der Waals surface area contributed by atoms with Crippen molar-refractivity contribution in [2.24, 2.45) is 7.05 Å². The molecule has 10 heteroatoms. The average molecular weight is 421 g/mol. The average Bonchev–Trinajstić information content (AvgIpc) is 3.34. The molecule has 0 spiro atoms. The number of para-hydroxylation sites is 1. The van der Waals surface area contributed by atoms with Gasteiger partial charge >= 0.3 is 6.18 Å². The van der Waals surface area contributed by atoms with Crippen LogP contribution in [-0.4, -0.2) is 30.3 Å². The number of aryl methyl sites for hydroxylation is 1. The topological polar surface area (TPSA) is 48.5 Å². The molecule has 3 heterocycles. The standard InChI is InChI=1S/C18H14F3N5S2/c1-3-9-27-17-23-22-15(26(17)11-7-5-4-6-8-11)13-10-12-14(18(19,20)21)24-25(2)16(12)28-13/h3-8,10H,1,9H2,2H3. The van der Waals surface area contributed by atoms with Crippen molar-refractivity contribution in [3.8, 4) is 16.4 Å². The third-order valence-corrected chi connectivity index (χ3v) is 6.10. The Morgan fingerprint density at radius 1 is 1.21 bits per heavy atom. The highest BCUT2D eigenvalue weighted by molar-refractivity contribution is 7.99. The lowest BCUT2D eigenvalue weighted by Crippen LogP contribution is -2.07. The number of thioether (sulfide) groups is 1. The number of nitrogens with zero attached hydrogens (tertiary/aromatic N) is 5. The molecule has 0 saturated heterocycles. The Balaban J connectivity index is 1.90. The Morgan fingerprint density at radius 2 is 1.96 bits per heavy atom. The van der Waals surface area contributed by atoms with Crippen molar-refractivity contribution < 1.29 is 13.2 Å². The number of hydrogen-bond donors (Lipinski definition) is 0. The number of alkyl halides is 3. The Kier molecular flexibility index (Phi) is 4.76. The van der Waals surface area contributed by atoms with Gasteiger partial charge in [-0.05, 0) is 18.2 Å². The Bertz CT molecular complexity index is 1140. The number of benzene rings is 1. The first-order chi connectivity index (χ1) is 13.4. The minimum Gasteiger partial charge on any atom is -0.269 e. The second-order valence-corrected chi connectivity index (χ2v) is 7.89. The molecule has 4 rings (SSSR count). The molecule has 0 aliphatic heterocycles. The maximum atomic E-state index is 13.3.